The maximum atomic E-state index is 11.3. The molecule has 20 atom stereocenters. The lowest BCUT2D eigenvalue weighted by molar-refractivity contribution is -0.118. The second-order valence-corrected chi connectivity index (χ2v) is 57.0. The van der Waals surface area contributed by atoms with Crippen LogP contribution in [0.5, 0.6) is 0 Å². The van der Waals surface area contributed by atoms with Crippen LogP contribution in [0.4, 0.5) is 0 Å². The fourth-order valence-electron chi connectivity index (χ4n) is 12.1. The zero-order valence-corrected chi connectivity index (χ0v) is 73.4. The van der Waals surface area contributed by atoms with Crippen molar-refractivity contribution in [2.45, 2.75) is 149 Å². The van der Waals surface area contributed by atoms with Crippen molar-refractivity contribution in [1.29, 1.82) is 0 Å². The van der Waals surface area contributed by atoms with E-state index < -0.39 is 76.6 Å². The number of nitrogens with zero attached hydrogens (tertiary/aromatic N) is 5. The predicted octanol–water partition coefficient (Wildman–Crippen LogP) is 6.56. The highest BCUT2D eigenvalue weighted by molar-refractivity contribution is 14.1. The number of rotatable bonds is 20. The topological polar surface area (TPSA) is 309 Å². The molecule has 10 heterocycles. The number of halogens is 4. The molecule has 0 aromatic rings. The Balaban J connectivity index is 0.000000206. The first-order chi connectivity index (χ1) is 48.4. The van der Waals surface area contributed by atoms with E-state index in [9.17, 15) is 49.5 Å². The quantitative estimate of drug-likeness (QED) is 0.0351. The fraction of sp³-hybridized carbons (Fsp3) is 0.577. The van der Waals surface area contributed by atoms with Crippen LogP contribution in [0, 0.1) is 5.92 Å². The Kier molecular flexibility index (Phi) is 33.4. The summed E-state index contributed by atoms with van der Waals surface area (Å²) in [5, 5.41) is 64.4. The van der Waals surface area contributed by atoms with Gasteiger partial charge in [0.25, 0.3) is 29.5 Å². The van der Waals surface area contributed by atoms with Crippen molar-refractivity contribution in [3.05, 3.63) is 123 Å². The fourth-order valence-corrected chi connectivity index (χ4v) is 19.9. The lowest BCUT2D eigenvalue weighted by atomic mass is 10.00. The maximum Gasteiger partial charge on any atom is 0.250 e. The van der Waals surface area contributed by atoms with E-state index in [1.807, 2.05) is 6.92 Å². The monoisotopic (exact) mass is 1870 g/mol. The first-order valence-electron chi connectivity index (χ1n) is 34.4. The van der Waals surface area contributed by atoms with Gasteiger partial charge >= 0.3 is 0 Å². The largest absolute Gasteiger partial charge is 0.390 e. The highest BCUT2D eigenvalue weighted by Crippen LogP contribution is 2.45. The SMILES string of the molecule is C=C1NC(=O)C=CN1C1O[C@H](CCP(=C)(C)C)[C@@H](O)[C@H]1Br.C=C1NC(=O)C=CN1C1O[C@H](CCP(=C)(C)C)[C@@H](O)[C@H]1C.C=C1NC(=O)C=CN1C1O[C@H](CCP(=C)(C)C)[C@@H](O)[C@H]1Cl.C=C1NC(=O)C=CN1C1O[C@H](CCP(=C)(C)C)[C@@H](O)[C@H]1I.C=C1NC(=O)C=CN1C1O[C@H](CCP(=C)(C)C)[C@@H](O)[C@H]1I. The summed E-state index contributed by atoms with van der Waals surface area (Å²) in [6, 6.07) is 0. The maximum absolute atomic E-state index is 11.3. The van der Waals surface area contributed by atoms with Gasteiger partial charge in [-0.1, -0.05) is 101 Å². The second kappa shape index (κ2) is 38.5. The molecule has 10 N–H and O–H groups in total. The number of aliphatic hydroxyl groups is 5. The molecule has 0 aliphatic carbocycles. The van der Waals surface area contributed by atoms with E-state index in [1.165, 1.54) is 30.4 Å². The minimum Gasteiger partial charge on any atom is -0.390 e. The molecule has 5 unspecified atom stereocenters. The smallest absolute Gasteiger partial charge is 0.250 e. The van der Waals surface area contributed by atoms with Crippen molar-refractivity contribution < 1.29 is 73.2 Å². The first-order valence-corrected chi connectivity index (χ1v) is 53.5. The van der Waals surface area contributed by atoms with Crippen LogP contribution in [0.2, 0.25) is 0 Å². The van der Waals surface area contributed by atoms with Crippen molar-refractivity contribution in [2.75, 3.05) is 97.5 Å². The lowest BCUT2D eigenvalue weighted by Crippen LogP contribution is -2.44. The van der Waals surface area contributed by atoms with E-state index in [4.69, 9.17) is 35.3 Å². The lowest BCUT2D eigenvalue weighted by Gasteiger charge is -2.33. The molecule has 25 nitrogen and oxygen atoms in total. The minimum atomic E-state index is -1.17. The molecule has 10 rings (SSSR count). The molecular formula is C71H113BrClI2N10O15P5. The Labute approximate surface area is 663 Å². The zero-order valence-electron chi connectivity index (χ0n) is 62.3. The molecule has 10 aliphatic heterocycles. The summed E-state index contributed by atoms with van der Waals surface area (Å²) in [5.74, 6) is 1.21. The van der Waals surface area contributed by atoms with Gasteiger partial charge in [-0.15, -0.1) is 77.5 Å². The van der Waals surface area contributed by atoms with Crippen molar-refractivity contribution in [3.63, 3.8) is 0 Å². The normalized spacial score (nSPS) is 33.4. The third-order valence-electron chi connectivity index (χ3n) is 18.2. The number of ether oxygens (including phenoxy) is 5. The molecule has 5 fully saturated rings. The van der Waals surface area contributed by atoms with Crippen molar-refractivity contribution in [2.24, 2.45) is 5.92 Å². The van der Waals surface area contributed by atoms with Gasteiger partial charge in [0.1, 0.15) is 59.3 Å². The molecule has 5 saturated heterocycles. The van der Waals surface area contributed by atoms with Crippen LogP contribution in [0.25, 0.3) is 0 Å². The van der Waals surface area contributed by atoms with Gasteiger partial charge in [-0.2, -0.15) is 0 Å². The summed E-state index contributed by atoms with van der Waals surface area (Å²) < 4.78 is 29.8. The number of aliphatic hydroxyl groups excluding tert-OH is 5. The van der Waals surface area contributed by atoms with Crippen molar-refractivity contribution in [3.8, 4) is 0 Å². The second-order valence-electron chi connectivity index (χ2n) is 31.0. The first kappa shape index (κ1) is 91.0. The van der Waals surface area contributed by atoms with Gasteiger partial charge in [0.2, 0.25) is 0 Å². The average molecular weight is 1870 g/mol. The van der Waals surface area contributed by atoms with Gasteiger partial charge in [-0.3, -0.25) is 24.0 Å². The number of carbonyl (C=O) groups excluding carboxylic acids is 5. The number of hydrogen-bond acceptors (Lipinski definition) is 20. The average Bonchev–Trinajstić information content (AvgIpc) is 1.70. The number of carbonyl (C=O) groups is 5. The summed E-state index contributed by atoms with van der Waals surface area (Å²) in [5.41, 5.74) is 0. The van der Waals surface area contributed by atoms with Crippen LogP contribution in [0.15, 0.2) is 123 Å². The molecule has 34 heteroatoms. The number of hydrogen-bond donors (Lipinski definition) is 10. The van der Waals surface area contributed by atoms with Crippen LogP contribution >= 0.6 is 107 Å². The molecule has 5 amide bonds. The molecule has 105 heavy (non-hydrogen) atoms. The molecule has 0 bridgehead atoms. The standard InChI is InChI=1S/C15H25N2O3P.C14H22BrN2O3P.C14H22ClN2O3P.2C14H22IN2O3P/c1-10-14(19)12(7-9-21(3,4)5)20-15(10)17-8-6-13(18)16-11(17)2;4*1-9-16-11(18)5-7-17(9)14-12(15)13(19)10(20-14)6-8-21(2,3)4/h6,8,10,12,14-15,19H,2-3,7,9H2,1,4-5H3,(H,16,18);4*5,7,10,12-14,19H,1-2,6,8H2,3-4H3,(H,16,18)/t10-,12-,14+,15?;4*10-,12-,13-,14?/m11111/s1. The van der Waals surface area contributed by atoms with Crippen LogP contribution in [0.1, 0.15) is 39.0 Å². The summed E-state index contributed by atoms with van der Waals surface area (Å²) in [7, 11) is 0. The summed E-state index contributed by atoms with van der Waals surface area (Å²) in [6.45, 7) is 37.0. The van der Waals surface area contributed by atoms with Crippen LogP contribution in [-0.4, -0.2) is 319 Å². The van der Waals surface area contributed by atoms with E-state index in [2.05, 4.69) is 219 Å². The minimum absolute atomic E-state index is 0.0577. The number of amides is 5. The summed E-state index contributed by atoms with van der Waals surface area (Å²) in [4.78, 5) is 64.8. The van der Waals surface area contributed by atoms with Crippen molar-refractivity contribution in [1.82, 2.24) is 51.1 Å². The molecule has 0 aromatic heterocycles. The molecular weight excluding hydrogens is 1760 g/mol. The highest BCUT2D eigenvalue weighted by atomic mass is 127. The zero-order chi connectivity index (χ0) is 78.9. The summed E-state index contributed by atoms with van der Waals surface area (Å²) >= 11 is 14.2. The van der Waals surface area contributed by atoms with Gasteiger partial charge in [0.05, 0.1) is 67.6 Å². The van der Waals surface area contributed by atoms with Crippen LogP contribution in [-0.2, 0) is 47.7 Å². The van der Waals surface area contributed by atoms with Gasteiger partial charge in [-0.05, 0) is 130 Å². The Morgan fingerprint density at radius 1 is 0.390 bits per heavy atom. The Morgan fingerprint density at radius 3 is 0.895 bits per heavy atom. The van der Waals surface area contributed by atoms with E-state index in [1.54, 1.807) is 55.5 Å². The summed E-state index contributed by atoms with van der Waals surface area (Å²) in [6.07, 6.45) is 39.1. The Bertz CT molecular complexity index is 3120. The highest BCUT2D eigenvalue weighted by Gasteiger charge is 2.50. The molecule has 0 aromatic carbocycles. The van der Waals surface area contributed by atoms with Gasteiger partial charge in [0.15, 0.2) is 12.5 Å². The Hall–Kier alpha value is -2.92. The third-order valence-corrected chi connectivity index (χ3v) is 29.7. The Morgan fingerprint density at radius 2 is 0.610 bits per heavy atom. The van der Waals surface area contributed by atoms with Gasteiger partial charge in [-0.25, -0.2) is 0 Å². The van der Waals surface area contributed by atoms with Crippen LogP contribution < -0.4 is 26.6 Å². The van der Waals surface area contributed by atoms with E-state index in [-0.39, 0.29) is 104 Å². The predicted molar refractivity (Wildman–Crippen MR) is 459 cm³/mol. The van der Waals surface area contributed by atoms with Gasteiger partial charge < -0.3 is 100 Å². The van der Waals surface area contributed by atoms with Gasteiger partial charge in [0, 0.05) is 67.3 Å². The van der Waals surface area contributed by atoms with E-state index in [0.29, 0.717) is 29.1 Å². The van der Waals surface area contributed by atoms with E-state index in [0.717, 1.165) is 62.9 Å². The molecule has 590 valence electrons. The third kappa shape index (κ3) is 26.9. The molecule has 0 saturated carbocycles. The van der Waals surface area contributed by atoms with Crippen molar-refractivity contribution >= 4 is 168 Å². The molecule has 0 spiro atoms. The van der Waals surface area contributed by atoms with E-state index >= 15 is 0 Å². The molecule has 10 aliphatic rings. The number of nitrogens with one attached hydrogen (secondary N) is 5. The number of alkyl halides is 4. The molecule has 0 radical (unpaired) electrons. The van der Waals surface area contributed by atoms with Crippen LogP contribution in [0.3, 0.4) is 0 Å².